The third-order valence-electron chi connectivity index (χ3n) is 4.26. The smallest absolute Gasteiger partial charge is 0.417 e. The van der Waals surface area contributed by atoms with E-state index in [2.05, 4.69) is 30.8 Å². The highest BCUT2D eigenvalue weighted by molar-refractivity contribution is 6.31. The summed E-state index contributed by atoms with van der Waals surface area (Å²) in [4.78, 5) is 20.5. The molecule has 0 aliphatic carbocycles. The molecule has 0 aliphatic heterocycles. The Balaban J connectivity index is 1.44. The highest BCUT2D eigenvalue weighted by Crippen LogP contribution is 2.36. The van der Waals surface area contributed by atoms with Crippen LogP contribution in [0.5, 0.6) is 11.6 Å². The average Bonchev–Trinajstić information content (AvgIpc) is 3.30. The molecular formula is C21H14ClF3N6O2. The number of nitrogens with zero attached hydrogens (tertiary/aromatic N) is 3. The van der Waals surface area contributed by atoms with Crippen LogP contribution in [0.2, 0.25) is 5.02 Å². The summed E-state index contributed by atoms with van der Waals surface area (Å²) < 4.78 is 44.7. The molecule has 0 saturated heterocycles. The van der Waals surface area contributed by atoms with Crippen LogP contribution in [0.1, 0.15) is 5.56 Å². The van der Waals surface area contributed by atoms with Gasteiger partial charge in [0.2, 0.25) is 5.88 Å². The highest BCUT2D eigenvalue weighted by atomic mass is 35.5. The van der Waals surface area contributed by atoms with Gasteiger partial charge in [0, 0.05) is 29.7 Å². The number of rotatable bonds is 5. The zero-order valence-electron chi connectivity index (χ0n) is 16.5. The van der Waals surface area contributed by atoms with E-state index < -0.39 is 22.8 Å². The molecular weight excluding hydrogens is 461 g/mol. The van der Waals surface area contributed by atoms with E-state index in [0.717, 1.165) is 12.1 Å². The molecule has 2 amide bonds. The molecule has 2 heterocycles. The molecule has 2 aromatic carbocycles. The van der Waals surface area contributed by atoms with Gasteiger partial charge >= 0.3 is 12.2 Å². The van der Waals surface area contributed by atoms with Gasteiger partial charge in [-0.05, 0) is 36.4 Å². The first-order chi connectivity index (χ1) is 15.8. The monoisotopic (exact) mass is 474 g/mol. The van der Waals surface area contributed by atoms with Gasteiger partial charge < -0.3 is 15.4 Å². The van der Waals surface area contributed by atoms with Crippen LogP contribution in [-0.4, -0.2) is 26.2 Å². The SMILES string of the molecule is O=C(Nc1cccc(Oc2cc(-c3ccn[nH]3)ncn2)c1)Nc1ccc(Cl)c(C(F)(F)F)c1. The van der Waals surface area contributed by atoms with Crippen LogP contribution in [0.25, 0.3) is 11.4 Å². The number of hydrogen-bond acceptors (Lipinski definition) is 5. The quantitative estimate of drug-likeness (QED) is 0.330. The summed E-state index contributed by atoms with van der Waals surface area (Å²) >= 11 is 5.59. The molecule has 0 saturated carbocycles. The molecule has 8 nitrogen and oxygen atoms in total. The molecule has 3 N–H and O–H groups in total. The minimum Gasteiger partial charge on any atom is -0.439 e. The Hall–Kier alpha value is -4.12. The fraction of sp³-hybridized carbons (Fsp3) is 0.0476. The van der Waals surface area contributed by atoms with E-state index >= 15 is 0 Å². The van der Waals surface area contributed by atoms with Crippen molar-refractivity contribution in [3.8, 4) is 23.0 Å². The fourth-order valence-corrected chi connectivity index (χ4v) is 3.04. The number of aromatic nitrogens is 4. The summed E-state index contributed by atoms with van der Waals surface area (Å²) in [5, 5.41) is 11.1. The summed E-state index contributed by atoms with van der Waals surface area (Å²) in [5.41, 5.74) is 0.496. The van der Waals surface area contributed by atoms with Crippen molar-refractivity contribution in [1.29, 1.82) is 0 Å². The van der Waals surface area contributed by atoms with Crippen LogP contribution in [0, 0.1) is 0 Å². The Morgan fingerprint density at radius 1 is 1.00 bits per heavy atom. The summed E-state index contributed by atoms with van der Waals surface area (Å²) in [6.45, 7) is 0. The third kappa shape index (κ3) is 5.57. The molecule has 168 valence electrons. The fourth-order valence-electron chi connectivity index (χ4n) is 2.81. The first-order valence-electron chi connectivity index (χ1n) is 9.32. The standard InChI is InChI=1S/C21H14ClF3N6O2/c22-16-5-4-13(9-15(16)21(23,24)25)30-20(32)29-12-2-1-3-14(8-12)33-19-10-18(26-11-27-19)17-6-7-28-31-17/h1-11H,(H,28,31)(H2,29,30,32). The molecule has 0 radical (unpaired) electrons. The van der Waals surface area contributed by atoms with Gasteiger partial charge in [0.05, 0.1) is 22.0 Å². The van der Waals surface area contributed by atoms with E-state index in [-0.39, 0.29) is 11.6 Å². The maximum atomic E-state index is 13.0. The lowest BCUT2D eigenvalue weighted by molar-refractivity contribution is -0.137. The van der Waals surface area contributed by atoms with Crippen molar-refractivity contribution in [2.45, 2.75) is 6.18 Å². The molecule has 12 heteroatoms. The maximum absolute atomic E-state index is 13.0. The van der Waals surface area contributed by atoms with E-state index in [0.29, 0.717) is 22.8 Å². The Kier molecular flexibility index (Phi) is 6.13. The second kappa shape index (κ2) is 9.17. The maximum Gasteiger partial charge on any atom is 0.417 e. The first-order valence-corrected chi connectivity index (χ1v) is 9.70. The highest BCUT2D eigenvalue weighted by Gasteiger charge is 2.33. The molecule has 0 spiro atoms. The van der Waals surface area contributed by atoms with Gasteiger partial charge in [-0.2, -0.15) is 18.3 Å². The molecule has 33 heavy (non-hydrogen) atoms. The molecule has 0 atom stereocenters. The third-order valence-corrected chi connectivity index (χ3v) is 4.59. The van der Waals surface area contributed by atoms with Gasteiger partial charge in [0.25, 0.3) is 0 Å². The largest absolute Gasteiger partial charge is 0.439 e. The number of urea groups is 1. The van der Waals surface area contributed by atoms with Crippen molar-refractivity contribution in [1.82, 2.24) is 20.2 Å². The number of alkyl halides is 3. The van der Waals surface area contributed by atoms with Crippen molar-refractivity contribution in [2.75, 3.05) is 10.6 Å². The zero-order valence-corrected chi connectivity index (χ0v) is 17.3. The Labute approximate surface area is 189 Å². The summed E-state index contributed by atoms with van der Waals surface area (Å²) in [5.74, 6) is 0.630. The van der Waals surface area contributed by atoms with E-state index in [9.17, 15) is 18.0 Å². The van der Waals surface area contributed by atoms with Crippen LogP contribution < -0.4 is 15.4 Å². The first kappa shape index (κ1) is 22.1. The van der Waals surface area contributed by atoms with Crippen molar-refractivity contribution in [2.24, 2.45) is 0 Å². The Morgan fingerprint density at radius 3 is 2.52 bits per heavy atom. The van der Waals surface area contributed by atoms with E-state index in [1.807, 2.05) is 0 Å². The lowest BCUT2D eigenvalue weighted by Gasteiger charge is -2.13. The van der Waals surface area contributed by atoms with Crippen LogP contribution in [0.4, 0.5) is 29.3 Å². The van der Waals surface area contributed by atoms with Gasteiger partial charge in [-0.3, -0.25) is 5.10 Å². The van der Waals surface area contributed by atoms with E-state index in [4.69, 9.17) is 16.3 Å². The second-order valence-electron chi connectivity index (χ2n) is 6.61. The van der Waals surface area contributed by atoms with Gasteiger partial charge in [-0.15, -0.1) is 0 Å². The summed E-state index contributed by atoms with van der Waals surface area (Å²) in [6.07, 6.45) is -1.72. The molecule has 4 rings (SSSR count). The number of hydrogen-bond donors (Lipinski definition) is 3. The van der Waals surface area contributed by atoms with Gasteiger partial charge in [-0.25, -0.2) is 14.8 Å². The van der Waals surface area contributed by atoms with Gasteiger partial charge in [0.1, 0.15) is 12.1 Å². The molecule has 0 bridgehead atoms. The average molecular weight is 475 g/mol. The topological polar surface area (TPSA) is 105 Å². The number of nitrogens with one attached hydrogen (secondary N) is 3. The number of carbonyl (C=O) groups is 1. The number of benzene rings is 2. The molecule has 0 fully saturated rings. The zero-order chi connectivity index (χ0) is 23.4. The number of ether oxygens (including phenoxy) is 1. The number of amides is 2. The summed E-state index contributed by atoms with van der Waals surface area (Å²) in [6, 6.07) is 12.1. The second-order valence-corrected chi connectivity index (χ2v) is 7.02. The minimum atomic E-state index is -4.64. The van der Waals surface area contributed by atoms with Crippen LogP contribution in [-0.2, 0) is 6.18 Å². The summed E-state index contributed by atoms with van der Waals surface area (Å²) in [7, 11) is 0. The molecule has 2 aromatic heterocycles. The van der Waals surface area contributed by atoms with Crippen LogP contribution >= 0.6 is 11.6 Å². The Bertz CT molecular complexity index is 1280. The van der Waals surface area contributed by atoms with Gasteiger partial charge in [0.15, 0.2) is 0 Å². The number of anilines is 2. The Morgan fingerprint density at radius 2 is 1.79 bits per heavy atom. The number of aromatic amines is 1. The molecule has 0 unspecified atom stereocenters. The predicted molar refractivity (Wildman–Crippen MR) is 115 cm³/mol. The van der Waals surface area contributed by atoms with Crippen molar-refractivity contribution in [3.63, 3.8) is 0 Å². The van der Waals surface area contributed by atoms with E-state index in [1.54, 1.807) is 36.5 Å². The molecule has 4 aromatic rings. The number of H-pyrrole nitrogens is 1. The number of halogens is 4. The predicted octanol–water partition coefficient (Wildman–Crippen LogP) is 5.98. The lowest BCUT2D eigenvalue weighted by Crippen LogP contribution is -2.20. The number of carbonyl (C=O) groups excluding carboxylic acids is 1. The minimum absolute atomic E-state index is 0.0658. The van der Waals surface area contributed by atoms with Crippen LogP contribution in [0.15, 0.2) is 67.1 Å². The van der Waals surface area contributed by atoms with Crippen molar-refractivity contribution in [3.05, 3.63) is 77.7 Å². The van der Waals surface area contributed by atoms with Crippen LogP contribution in [0.3, 0.4) is 0 Å². The van der Waals surface area contributed by atoms with E-state index in [1.165, 1.54) is 18.5 Å². The van der Waals surface area contributed by atoms with Gasteiger partial charge in [-0.1, -0.05) is 17.7 Å². The van der Waals surface area contributed by atoms with Crippen molar-refractivity contribution < 1.29 is 22.7 Å². The van der Waals surface area contributed by atoms with Crippen molar-refractivity contribution >= 4 is 29.0 Å². The molecule has 0 aliphatic rings. The normalized spacial score (nSPS) is 11.2. The lowest BCUT2D eigenvalue weighted by atomic mass is 10.2.